The van der Waals surface area contributed by atoms with Crippen LogP contribution in [0.1, 0.15) is 50.8 Å². The molecule has 40 heavy (non-hydrogen) atoms. The number of aryl methyl sites for hydroxylation is 1. The number of Topliss-reactive ketones (excluding diaryl/α,β-unsaturated/α-hetero) is 1. The second-order valence-electron chi connectivity index (χ2n) is 11.5. The Kier molecular flexibility index (Phi) is 9.00. The number of ether oxygens (including phenoxy) is 2. The fraction of sp³-hybridized carbons (Fsp3) is 0.324. The van der Waals surface area contributed by atoms with Gasteiger partial charge in [0.1, 0.15) is 18.2 Å². The van der Waals surface area contributed by atoms with Gasteiger partial charge < -0.3 is 9.47 Å². The van der Waals surface area contributed by atoms with Crippen molar-refractivity contribution < 1.29 is 19.1 Å². The molecule has 1 heterocycles. The molecule has 0 saturated carbocycles. The van der Waals surface area contributed by atoms with Gasteiger partial charge in [0.2, 0.25) is 5.91 Å². The molecule has 0 atom stereocenters. The standard InChI is InChI=1S/C34H38N2O4/c1-23-17-28(12-14-31(23)39-6)27-10-7-25(8-11-27)20-36(32(38)19-34(3,4)5)33-30-13-9-26(22-40-21-24(2)37)18-29(30)15-16-35-33/h7-18H,19-22H2,1-6H3. The van der Waals surface area contributed by atoms with Crippen molar-refractivity contribution >= 4 is 28.3 Å². The average Bonchev–Trinajstić information content (AvgIpc) is 2.90. The Bertz CT molecular complexity index is 1500. The summed E-state index contributed by atoms with van der Waals surface area (Å²) in [4.78, 5) is 31.4. The Morgan fingerprint density at radius 2 is 1.60 bits per heavy atom. The summed E-state index contributed by atoms with van der Waals surface area (Å²) < 4.78 is 10.9. The van der Waals surface area contributed by atoms with Crippen LogP contribution >= 0.6 is 0 Å². The maximum absolute atomic E-state index is 13.7. The van der Waals surface area contributed by atoms with Crippen LogP contribution in [0.25, 0.3) is 21.9 Å². The van der Waals surface area contributed by atoms with Crippen molar-refractivity contribution in [3.8, 4) is 16.9 Å². The molecule has 208 valence electrons. The highest BCUT2D eigenvalue weighted by atomic mass is 16.5. The highest BCUT2D eigenvalue weighted by Crippen LogP contribution is 2.31. The summed E-state index contributed by atoms with van der Waals surface area (Å²) in [5, 5.41) is 1.86. The zero-order chi connectivity index (χ0) is 28.9. The monoisotopic (exact) mass is 538 g/mol. The molecule has 0 N–H and O–H groups in total. The Hall–Kier alpha value is -4.03. The number of hydrogen-bond donors (Lipinski definition) is 0. The minimum absolute atomic E-state index is 0.00701. The Morgan fingerprint density at radius 3 is 2.25 bits per heavy atom. The first-order valence-corrected chi connectivity index (χ1v) is 13.5. The van der Waals surface area contributed by atoms with Crippen LogP contribution in [0.15, 0.2) is 72.9 Å². The van der Waals surface area contributed by atoms with Gasteiger partial charge in [-0.1, -0.05) is 63.2 Å². The van der Waals surface area contributed by atoms with Gasteiger partial charge in [-0.2, -0.15) is 0 Å². The summed E-state index contributed by atoms with van der Waals surface area (Å²) in [6, 6.07) is 22.4. The maximum atomic E-state index is 13.7. The molecular formula is C34H38N2O4. The lowest BCUT2D eigenvalue weighted by molar-refractivity contribution is -0.122. The van der Waals surface area contributed by atoms with Gasteiger partial charge in [0, 0.05) is 18.0 Å². The molecule has 4 rings (SSSR count). The predicted molar refractivity (Wildman–Crippen MR) is 161 cm³/mol. The number of amides is 1. The van der Waals surface area contributed by atoms with Crippen molar-refractivity contribution in [3.63, 3.8) is 0 Å². The van der Waals surface area contributed by atoms with Gasteiger partial charge in [0.05, 0.1) is 20.3 Å². The molecule has 0 spiro atoms. The maximum Gasteiger partial charge on any atom is 0.229 e. The Labute approximate surface area is 237 Å². The Morgan fingerprint density at radius 1 is 0.900 bits per heavy atom. The van der Waals surface area contributed by atoms with Crippen LogP contribution in [0.5, 0.6) is 5.75 Å². The number of carbonyl (C=O) groups excluding carboxylic acids is 2. The van der Waals surface area contributed by atoms with Gasteiger partial charge in [-0.05, 0) is 76.7 Å². The van der Waals surface area contributed by atoms with E-state index in [9.17, 15) is 9.59 Å². The molecule has 1 aromatic heterocycles. The first-order chi connectivity index (χ1) is 19.0. The molecule has 4 aromatic rings. The van der Waals surface area contributed by atoms with E-state index < -0.39 is 0 Å². The number of carbonyl (C=O) groups is 2. The summed E-state index contributed by atoms with van der Waals surface area (Å²) in [7, 11) is 1.68. The molecule has 0 aliphatic rings. The average molecular weight is 539 g/mol. The smallest absolute Gasteiger partial charge is 0.229 e. The zero-order valence-electron chi connectivity index (χ0n) is 24.3. The molecule has 0 unspecified atom stereocenters. The van der Waals surface area contributed by atoms with Gasteiger partial charge in [0.25, 0.3) is 0 Å². The second-order valence-corrected chi connectivity index (χ2v) is 11.5. The number of benzene rings is 3. The third kappa shape index (κ3) is 7.33. The quantitative estimate of drug-likeness (QED) is 0.212. The second kappa shape index (κ2) is 12.4. The number of anilines is 1. The van der Waals surface area contributed by atoms with Crippen molar-refractivity contribution in [2.75, 3.05) is 18.6 Å². The molecule has 6 nitrogen and oxygen atoms in total. The molecular weight excluding hydrogens is 500 g/mol. The number of rotatable bonds is 10. The van der Waals surface area contributed by atoms with E-state index in [4.69, 9.17) is 9.47 Å². The lowest BCUT2D eigenvalue weighted by Gasteiger charge is -2.27. The highest BCUT2D eigenvalue weighted by Gasteiger charge is 2.25. The van der Waals surface area contributed by atoms with E-state index in [1.165, 1.54) is 6.92 Å². The van der Waals surface area contributed by atoms with Crippen LogP contribution in [-0.4, -0.2) is 30.4 Å². The van der Waals surface area contributed by atoms with Crippen molar-refractivity contribution in [2.45, 2.75) is 54.2 Å². The lowest BCUT2D eigenvalue weighted by Crippen LogP contribution is -2.34. The SMILES string of the molecule is COc1ccc(-c2ccc(CN(C(=O)CC(C)(C)C)c3nccc4cc(COCC(C)=O)ccc34)cc2)cc1C. The number of hydrogen-bond acceptors (Lipinski definition) is 5. The van der Waals surface area contributed by atoms with Gasteiger partial charge in [0.15, 0.2) is 5.78 Å². The molecule has 1 amide bonds. The summed E-state index contributed by atoms with van der Waals surface area (Å²) in [6.45, 7) is 10.6. The van der Waals surface area contributed by atoms with Gasteiger partial charge in [-0.15, -0.1) is 0 Å². The van der Waals surface area contributed by atoms with Crippen molar-refractivity contribution in [2.24, 2.45) is 5.41 Å². The fourth-order valence-electron chi connectivity index (χ4n) is 4.70. The minimum atomic E-state index is -0.169. The third-order valence-electron chi connectivity index (χ3n) is 6.64. The molecule has 6 heteroatoms. The molecule has 0 aliphatic heterocycles. The molecule has 0 aliphatic carbocycles. The van der Waals surface area contributed by atoms with E-state index >= 15 is 0 Å². The summed E-state index contributed by atoms with van der Waals surface area (Å²) in [5.41, 5.74) is 5.11. The van der Waals surface area contributed by atoms with Crippen LogP contribution in [-0.2, 0) is 27.5 Å². The predicted octanol–water partition coefficient (Wildman–Crippen LogP) is 7.29. The summed E-state index contributed by atoms with van der Waals surface area (Å²) in [6.07, 6.45) is 2.13. The van der Waals surface area contributed by atoms with Gasteiger partial charge in [-0.25, -0.2) is 4.98 Å². The first kappa shape index (κ1) is 29.0. The number of aromatic nitrogens is 1. The van der Waals surface area contributed by atoms with E-state index in [2.05, 4.69) is 62.2 Å². The highest BCUT2D eigenvalue weighted by molar-refractivity contribution is 6.02. The largest absolute Gasteiger partial charge is 0.496 e. The Balaban J connectivity index is 1.64. The third-order valence-corrected chi connectivity index (χ3v) is 6.64. The van der Waals surface area contributed by atoms with Gasteiger partial charge in [-0.3, -0.25) is 14.5 Å². The van der Waals surface area contributed by atoms with Crippen molar-refractivity contribution in [3.05, 3.63) is 89.6 Å². The normalized spacial score (nSPS) is 11.4. The summed E-state index contributed by atoms with van der Waals surface area (Å²) in [5.74, 6) is 1.52. The van der Waals surface area contributed by atoms with E-state index in [1.54, 1.807) is 18.2 Å². The number of methoxy groups -OCH3 is 1. The zero-order valence-corrected chi connectivity index (χ0v) is 24.3. The van der Waals surface area contributed by atoms with E-state index in [0.29, 0.717) is 25.4 Å². The van der Waals surface area contributed by atoms with Crippen LogP contribution in [0.2, 0.25) is 0 Å². The van der Waals surface area contributed by atoms with Crippen LogP contribution in [0.4, 0.5) is 5.82 Å². The van der Waals surface area contributed by atoms with E-state index in [0.717, 1.165) is 44.3 Å². The molecule has 0 saturated heterocycles. The number of ketones is 1. The van der Waals surface area contributed by atoms with Crippen LogP contribution in [0, 0.1) is 12.3 Å². The minimum Gasteiger partial charge on any atom is -0.496 e. The fourth-order valence-corrected chi connectivity index (χ4v) is 4.70. The van der Waals surface area contributed by atoms with Gasteiger partial charge >= 0.3 is 0 Å². The van der Waals surface area contributed by atoms with Crippen molar-refractivity contribution in [1.82, 2.24) is 4.98 Å². The number of pyridine rings is 1. The lowest BCUT2D eigenvalue weighted by atomic mass is 9.91. The van der Waals surface area contributed by atoms with Crippen LogP contribution in [0.3, 0.4) is 0 Å². The van der Waals surface area contributed by atoms with E-state index in [1.807, 2.05) is 37.3 Å². The number of fused-ring (bicyclic) bond motifs is 1. The van der Waals surface area contributed by atoms with Crippen molar-refractivity contribution in [1.29, 1.82) is 0 Å². The number of nitrogens with zero attached hydrogens (tertiary/aromatic N) is 2. The first-order valence-electron chi connectivity index (χ1n) is 13.5. The van der Waals surface area contributed by atoms with E-state index in [-0.39, 0.29) is 23.7 Å². The topological polar surface area (TPSA) is 68.7 Å². The molecule has 0 radical (unpaired) electrons. The summed E-state index contributed by atoms with van der Waals surface area (Å²) >= 11 is 0. The van der Waals surface area contributed by atoms with Crippen LogP contribution < -0.4 is 9.64 Å². The molecule has 3 aromatic carbocycles. The molecule has 0 bridgehead atoms. The molecule has 0 fully saturated rings.